The molecule has 2 heterocycles. The van der Waals surface area contributed by atoms with E-state index in [1.54, 1.807) is 23.9 Å². The predicted octanol–water partition coefficient (Wildman–Crippen LogP) is 4.11. The maximum Gasteiger partial charge on any atom is 0.182 e. The highest BCUT2D eigenvalue weighted by molar-refractivity contribution is 7.14. The van der Waals surface area contributed by atoms with E-state index in [1.165, 1.54) is 0 Å². The Morgan fingerprint density at radius 1 is 1.17 bits per heavy atom. The molecule has 0 spiro atoms. The molecule has 0 unspecified atom stereocenters. The van der Waals surface area contributed by atoms with E-state index in [4.69, 9.17) is 4.42 Å². The van der Waals surface area contributed by atoms with Crippen LogP contribution in [0.1, 0.15) is 0 Å². The van der Waals surface area contributed by atoms with Crippen molar-refractivity contribution in [3.63, 3.8) is 0 Å². The summed E-state index contributed by atoms with van der Waals surface area (Å²) in [6.07, 6.45) is 3.44. The van der Waals surface area contributed by atoms with Crippen LogP contribution in [0.15, 0.2) is 52.7 Å². The maximum atomic E-state index is 5.16. The van der Waals surface area contributed by atoms with Crippen molar-refractivity contribution in [1.29, 1.82) is 0 Å². The minimum absolute atomic E-state index is 0.923. The molecule has 3 nitrogen and oxygen atoms in total. The van der Waals surface area contributed by atoms with Crippen LogP contribution in [0.2, 0.25) is 0 Å². The normalized spacial score (nSPS) is 10.5. The number of aromatic nitrogens is 1. The number of thiazole rings is 1. The van der Waals surface area contributed by atoms with Crippen molar-refractivity contribution in [3.8, 4) is 22.4 Å². The summed E-state index contributed by atoms with van der Waals surface area (Å²) < 4.78 is 5.16. The summed E-state index contributed by atoms with van der Waals surface area (Å²) >= 11 is 1.60. The second-order valence-corrected chi connectivity index (χ2v) is 4.70. The number of anilines is 1. The van der Waals surface area contributed by atoms with Crippen molar-refractivity contribution in [2.24, 2.45) is 0 Å². The smallest absolute Gasteiger partial charge is 0.182 e. The molecule has 0 saturated carbocycles. The lowest BCUT2D eigenvalue weighted by Crippen LogP contribution is -1.87. The summed E-state index contributed by atoms with van der Waals surface area (Å²) in [5.41, 5.74) is 4.32. The largest absolute Gasteiger partial charge is 0.472 e. The van der Waals surface area contributed by atoms with E-state index in [1.807, 2.05) is 25.2 Å². The molecule has 0 aliphatic carbocycles. The third-order valence-electron chi connectivity index (χ3n) is 2.75. The first-order valence-corrected chi connectivity index (χ1v) is 6.51. The minimum atomic E-state index is 0.923. The lowest BCUT2D eigenvalue weighted by molar-refractivity contribution is 0.568. The third-order valence-corrected chi connectivity index (χ3v) is 3.61. The van der Waals surface area contributed by atoms with E-state index < -0.39 is 0 Å². The fraction of sp³-hybridized carbons (Fsp3) is 0.0714. The van der Waals surface area contributed by atoms with Crippen molar-refractivity contribution in [3.05, 3.63) is 48.2 Å². The fourth-order valence-corrected chi connectivity index (χ4v) is 2.56. The summed E-state index contributed by atoms with van der Waals surface area (Å²) in [7, 11) is 1.88. The molecular weight excluding hydrogens is 244 g/mol. The molecule has 2 aromatic heterocycles. The van der Waals surface area contributed by atoms with E-state index in [9.17, 15) is 0 Å². The van der Waals surface area contributed by atoms with Gasteiger partial charge in [-0.2, -0.15) is 0 Å². The van der Waals surface area contributed by atoms with Gasteiger partial charge in [-0.3, -0.25) is 0 Å². The monoisotopic (exact) mass is 256 g/mol. The number of nitrogens with zero attached hydrogens (tertiary/aromatic N) is 1. The van der Waals surface area contributed by atoms with Crippen LogP contribution in [0.3, 0.4) is 0 Å². The lowest BCUT2D eigenvalue weighted by atomic mass is 10.0. The van der Waals surface area contributed by atoms with Crippen LogP contribution in [-0.4, -0.2) is 12.0 Å². The highest BCUT2D eigenvalue weighted by atomic mass is 32.1. The average molecular weight is 256 g/mol. The van der Waals surface area contributed by atoms with Crippen LogP contribution in [0.4, 0.5) is 5.13 Å². The summed E-state index contributed by atoms with van der Waals surface area (Å²) in [5, 5.41) is 6.04. The molecule has 4 heteroatoms. The Morgan fingerprint density at radius 3 is 2.67 bits per heavy atom. The van der Waals surface area contributed by atoms with E-state index in [-0.39, 0.29) is 0 Å². The Hall–Kier alpha value is -2.07. The van der Waals surface area contributed by atoms with Crippen LogP contribution >= 0.6 is 11.3 Å². The van der Waals surface area contributed by atoms with Crippen LogP contribution in [0.25, 0.3) is 22.4 Å². The Morgan fingerprint density at radius 2 is 2.00 bits per heavy atom. The molecule has 0 aliphatic rings. The van der Waals surface area contributed by atoms with Gasteiger partial charge in [-0.05, 0) is 11.6 Å². The molecule has 0 fully saturated rings. The van der Waals surface area contributed by atoms with Crippen LogP contribution < -0.4 is 5.32 Å². The zero-order valence-electron chi connectivity index (χ0n) is 9.88. The minimum Gasteiger partial charge on any atom is -0.472 e. The van der Waals surface area contributed by atoms with Gasteiger partial charge in [0.15, 0.2) is 5.13 Å². The molecule has 1 aromatic carbocycles. The van der Waals surface area contributed by atoms with Crippen molar-refractivity contribution in [2.75, 3.05) is 12.4 Å². The summed E-state index contributed by atoms with van der Waals surface area (Å²) in [6.45, 7) is 0. The topological polar surface area (TPSA) is 38.1 Å². The Kier molecular flexibility index (Phi) is 2.86. The first-order valence-electron chi connectivity index (χ1n) is 5.64. The molecule has 0 saturated heterocycles. The first kappa shape index (κ1) is 11.0. The Bertz CT molecular complexity index is 643. The number of rotatable bonds is 3. The van der Waals surface area contributed by atoms with Crippen LogP contribution in [-0.2, 0) is 0 Å². The second kappa shape index (κ2) is 4.66. The molecule has 1 N–H and O–H groups in total. The zero-order valence-corrected chi connectivity index (χ0v) is 10.7. The van der Waals surface area contributed by atoms with Gasteiger partial charge in [-0.15, -0.1) is 11.3 Å². The standard InChI is InChI=1S/C14H12N2OS/c1-15-14-16-13(9-18-14)12-5-3-2-4-11(12)10-6-7-17-8-10/h2-9H,1H3,(H,15,16). The number of benzene rings is 1. The highest BCUT2D eigenvalue weighted by Gasteiger charge is 2.10. The van der Waals surface area contributed by atoms with Crippen molar-refractivity contribution in [2.45, 2.75) is 0 Å². The second-order valence-electron chi connectivity index (χ2n) is 3.85. The van der Waals surface area contributed by atoms with Gasteiger partial charge in [0.05, 0.1) is 18.2 Å². The van der Waals surface area contributed by atoms with Crippen LogP contribution in [0, 0.1) is 0 Å². The third kappa shape index (κ3) is 1.91. The average Bonchev–Trinajstić information content (AvgIpc) is 3.10. The molecular formula is C14H12N2OS. The lowest BCUT2D eigenvalue weighted by Gasteiger charge is -2.04. The van der Waals surface area contributed by atoms with Crippen LogP contribution in [0.5, 0.6) is 0 Å². The van der Waals surface area contributed by atoms with Gasteiger partial charge in [0.25, 0.3) is 0 Å². The van der Waals surface area contributed by atoms with Gasteiger partial charge in [-0.1, -0.05) is 24.3 Å². The molecule has 0 amide bonds. The van der Waals surface area contributed by atoms with E-state index >= 15 is 0 Å². The summed E-state index contributed by atoms with van der Waals surface area (Å²) in [6, 6.07) is 10.2. The predicted molar refractivity (Wildman–Crippen MR) is 74.8 cm³/mol. The zero-order chi connectivity index (χ0) is 12.4. The van der Waals surface area contributed by atoms with Gasteiger partial charge in [0, 0.05) is 23.6 Å². The molecule has 0 atom stereocenters. The molecule has 0 bridgehead atoms. The molecule has 3 rings (SSSR count). The van der Waals surface area contributed by atoms with Crippen molar-refractivity contribution < 1.29 is 4.42 Å². The van der Waals surface area contributed by atoms with Crippen molar-refractivity contribution in [1.82, 2.24) is 4.98 Å². The SMILES string of the molecule is CNc1nc(-c2ccccc2-c2ccoc2)cs1. The number of hydrogen-bond acceptors (Lipinski definition) is 4. The first-order chi connectivity index (χ1) is 8.88. The molecule has 90 valence electrons. The fourth-order valence-electron chi connectivity index (χ4n) is 1.89. The Balaban J connectivity index is 2.12. The molecule has 0 radical (unpaired) electrons. The van der Waals surface area contributed by atoms with Gasteiger partial charge >= 0.3 is 0 Å². The quantitative estimate of drug-likeness (QED) is 0.766. The van der Waals surface area contributed by atoms with E-state index in [0.717, 1.165) is 27.5 Å². The summed E-state index contributed by atoms with van der Waals surface area (Å²) in [4.78, 5) is 4.55. The van der Waals surface area contributed by atoms with Gasteiger partial charge < -0.3 is 9.73 Å². The van der Waals surface area contributed by atoms with Gasteiger partial charge in [0.1, 0.15) is 0 Å². The maximum absolute atomic E-state index is 5.16. The van der Waals surface area contributed by atoms with Gasteiger partial charge in [0.2, 0.25) is 0 Å². The van der Waals surface area contributed by atoms with E-state index in [0.29, 0.717) is 0 Å². The number of furan rings is 1. The highest BCUT2D eigenvalue weighted by Crippen LogP contribution is 2.33. The van der Waals surface area contributed by atoms with Gasteiger partial charge in [-0.25, -0.2) is 4.98 Å². The Labute approximate surface area is 109 Å². The number of hydrogen-bond donors (Lipinski definition) is 1. The molecule has 18 heavy (non-hydrogen) atoms. The van der Waals surface area contributed by atoms with Crippen molar-refractivity contribution >= 4 is 16.5 Å². The number of nitrogens with one attached hydrogen (secondary N) is 1. The van der Waals surface area contributed by atoms with E-state index in [2.05, 4.69) is 27.8 Å². The molecule has 3 aromatic rings. The molecule has 0 aliphatic heterocycles. The summed E-state index contributed by atoms with van der Waals surface area (Å²) in [5.74, 6) is 0.